The van der Waals surface area contributed by atoms with Crippen molar-refractivity contribution in [2.75, 3.05) is 0 Å². The second-order valence-electron chi connectivity index (χ2n) is 10.7. The molecule has 9 rings (SSSR count). The molecule has 4 aromatic carbocycles. The van der Waals surface area contributed by atoms with E-state index in [1.165, 1.54) is 76.6 Å². The Balaban J connectivity index is 1.25. The van der Waals surface area contributed by atoms with E-state index in [-0.39, 0.29) is 21.7 Å². The normalized spacial score (nSPS) is 14.8. The van der Waals surface area contributed by atoms with Gasteiger partial charge in [0.05, 0.1) is 0 Å². The van der Waals surface area contributed by atoms with Crippen molar-refractivity contribution >= 4 is 69.6 Å². The summed E-state index contributed by atoms with van der Waals surface area (Å²) in [7, 11) is 0. The molecule has 0 radical (unpaired) electrons. The van der Waals surface area contributed by atoms with Crippen LogP contribution in [0.15, 0.2) is 101 Å². The van der Waals surface area contributed by atoms with Crippen molar-refractivity contribution in [3.05, 3.63) is 103 Å². The van der Waals surface area contributed by atoms with Gasteiger partial charge in [-0.1, -0.05) is 0 Å². The number of aromatic nitrogens is 4. The van der Waals surface area contributed by atoms with E-state index in [0.29, 0.717) is 0 Å². The molecule has 0 N–H and O–H groups in total. The second-order valence-corrected chi connectivity index (χ2v) is 14.1. The zero-order valence-electron chi connectivity index (χ0n) is 21.7. The Labute approximate surface area is 243 Å². The number of benzene rings is 4. The van der Waals surface area contributed by atoms with Crippen molar-refractivity contribution < 1.29 is 0 Å². The summed E-state index contributed by atoms with van der Waals surface area (Å²) < 4.78 is 5.48. The van der Waals surface area contributed by atoms with E-state index < -0.39 is 0 Å². The average Bonchev–Trinajstić information content (AvgIpc) is 3.35. The van der Waals surface area contributed by atoms with Gasteiger partial charge in [-0.15, -0.1) is 0 Å². The van der Waals surface area contributed by atoms with Crippen LogP contribution >= 0.6 is 11.8 Å². The first kappa shape index (κ1) is 23.1. The molecule has 0 saturated heterocycles. The summed E-state index contributed by atoms with van der Waals surface area (Å²) in [6.07, 6.45) is 8.04. The Morgan fingerprint density at radius 3 is 2.62 bits per heavy atom. The minimum absolute atomic E-state index is 0.228. The summed E-state index contributed by atoms with van der Waals surface area (Å²) in [6, 6.07) is 29.9. The molecule has 0 saturated carbocycles. The van der Waals surface area contributed by atoms with Crippen LogP contribution in [0, 0.1) is 0 Å². The van der Waals surface area contributed by atoms with Gasteiger partial charge in [-0.25, -0.2) is 0 Å². The molecular weight excluding hydrogens is 574 g/mol. The standard InChI is InChI=1S/C33H23BN4SSe/c1-3-8-26-22(6-1)23-7-2-4-9-27(23)38(26)21-13-15-28-25(17-21)34-24-14-12-20(33-36-18-35-19-37-33)16-31(24)40-30-11-5-10-29(39-28)32(30)34/h1,3,5-6,8,10-19H,2,4,7,9H2. The molecule has 4 heterocycles. The molecule has 0 atom stereocenters. The number of hydrogen-bond donors (Lipinski definition) is 0. The van der Waals surface area contributed by atoms with Gasteiger partial charge in [-0.05, 0) is 0 Å². The summed E-state index contributed by atoms with van der Waals surface area (Å²) in [4.78, 5) is 15.6. The third kappa shape index (κ3) is 3.38. The maximum absolute atomic E-state index is 4.42. The van der Waals surface area contributed by atoms with Gasteiger partial charge in [0, 0.05) is 0 Å². The van der Waals surface area contributed by atoms with Gasteiger partial charge in [0.15, 0.2) is 0 Å². The summed E-state index contributed by atoms with van der Waals surface area (Å²) in [5, 5.41) is 1.42. The van der Waals surface area contributed by atoms with Gasteiger partial charge < -0.3 is 0 Å². The first-order chi connectivity index (χ1) is 19.8. The van der Waals surface area contributed by atoms with Crippen molar-refractivity contribution in [1.82, 2.24) is 19.5 Å². The molecule has 0 fully saturated rings. The van der Waals surface area contributed by atoms with Gasteiger partial charge in [0.25, 0.3) is 0 Å². The van der Waals surface area contributed by atoms with E-state index in [4.69, 9.17) is 0 Å². The fourth-order valence-corrected chi connectivity index (χ4v) is 10.7. The zero-order chi connectivity index (χ0) is 26.2. The molecule has 0 amide bonds. The third-order valence-electron chi connectivity index (χ3n) is 8.57. The van der Waals surface area contributed by atoms with E-state index in [2.05, 4.69) is 98.4 Å². The van der Waals surface area contributed by atoms with Crippen molar-refractivity contribution in [1.29, 1.82) is 0 Å². The fourth-order valence-electron chi connectivity index (χ4n) is 6.87. The van der Waals surface area contributed by atoms with Gasteiger partial charge >= 0.3 is 244 Å². The number of hydrogen-bond acceptors (Lipinski definition) is 4. The summed E-state index contributed by atoms with van der Waals surface area (Å²) in [5.74, 6) is 0.735. The molecule has 4 nitrogen and oxygen atoms in total. The van der Waals surface area contributed by atoms with Crippen LogP contribution in [-0.2, 0) is 12.8 Å². The minimum atomic E-state index is 0.228. The number of para-hydroxylation sites is 1. The van der Waals surface area contributed by atoms with Gasteiger partial charge in [-0.2, -0.15) is 0 Å². The van der Waals surface area contributed by atoms with E-state index >= 15 is 0 Å². The summed E-state index contributed by atoms with van der Waals surface area (Å²) in [6.45, 7) is 0.234. The van der Waals surface area contributed by atoms with Crippen LogP contribution in [0.4, 0.5) is 0 Å². The summed E-state index contributed by atoms with van der Waals surface area (Å²) in [5.41, 5.74) is 11.1. The molecule has 190 valence electrons. The topological polar surface area (TPSA) is 43.6 Å². The van der Waals surface area contributed by atoms with Crippen LogP contribution < -0.4 is 25.3 Å². The number of fused-ring (bicyclic) bond motifs is 7. The molecule has 40 heavy (non-hydrogen) atoms. The summed E-state index contributed by atoms with van der Waals surface area (Å²) >= 11 is 2.16. The van der Waals surface area contributed by atoms with E-state index in [1.807, 2.05) is 11.8 Å². The Kier molecular flexibility index (Phi) is 5.16. The average molecular weight is 597 g/mol. The van der Waals surface area contributed by atoms with E-state index in [1.54, 1.807) is 18.2 Å². The molecular formula is C33H23BN4SSe. The van der Waals surface area contributed by atoms with Crippen LogP contribution in [0.5, 0.6) is 0 Å². The van der Waals surface area contributed by atoms with Crippen molar-refractivity contribution in [2.45, 2.75) is 35.5 Å². The second kappa shape index (κ2) is 8.94. The van der Waals surface area contributed by atoms with Gasteiger partial charge in [0.2, 0.25) is 0 Å². The first-order valence-corrected chi connectivity index (χ1v) is 16.4. The van der Waals surface area contributed by atoms with Crippen LogP contribution in [0.25, 0.3) is 28.0 Å². The third-order valence-corrected chi connectivity index (χ3v) is 12.2. The Morgan fingerprint density at radius 2 is 1.68 bits per heavy atom. The van der Waals surface area contributed by atoms with Gasteiger partial charge in [-0.3, -0.25) is 0 Å². The Morgan fingerprint density at radius 1 is 0.775 bits per heavy atom. The van der Waals surface area contributed by atoms with Crippen LogP contribution in [0.2, 0.25) is 0 Å². The molecule has 2 aromatic heterocycles. The molecule has 0 spiro atoms. The molecule has 2 aliphatic heterocycles. The fraction of sp³-hybridized carbons (Fsp3) is 0.121. The number of nitrogens with zero attached hydrogens (tertiary/aromatic N) is 4. The molecule has 1 aliphatic carbocycles. The predicted octanol–water partition coefficient (Wildman–Crippen LogP) is 3.31. The van der Waals surface area contributed by atoms with E-state index in [0.717, 1.165) is 17.8 Å². The molecule has 0 unspecified atom stereocenters. The SMILES string of the molecule is c1cc2c3c(c1)[Se]c1cc(-c4ncncn4)ccc1B3c1cc(-n3c4c(c5ccccc53)CCCC4)ccc1S2. The van der Waals surface area contributed by atoms with Crippen LogP contribution in [-0.4, -0.2) is 41.2 Å². The molecule has 7 heteroatoms. The maximum atomic E-state index is 4.42. The first-order valence-electron chi connectivity index (χ1n) is 13.8. The Bertz CT molecular complexity index is 1990. The van der Waals surface area contributed by atoms with Crippen molar-refractivity contribution in [2.24, 2.45) is 0 Å². The van der Waals surface area contributed by atoms with Crippen molar-refractivity contribution in [3.63, 3.8) is 0 Å². The number of rotatable bonds is 2. The predicted molar refractivity (Wildman–Crippen MR) is 165 cm³/mol. The van der Waals surface area contributed by atoms with E-state index in [9.17, 15) is 0 Å². The Hall–Kier alpha value is -3.64. The van der Waals surface area contributed by atoms with Gasteiger partial charge in [0.1, 0.15) is 0 Å². The van der Waals surface area contributed by atoms with Crippen LogP contribution in [0.3, 0.4) is 0 Å². The molecule has 3 aliphatic rings. The zero-order valence-corrected chi connectivity index (χ0v) is 24.2. The van der Waals surface area contributed by atoms with Crippen LogP contribution in [0.1, 0.15) is 24.1 Å². The monoisotopic (exact) mass is 598 g/mol. The van der Waals surface area contributed by atoms with Crippen molar-refractivity contribution in [3.8, 4) is 17.1 Å². The molecule has 0 bridgehead atoms. The number of aryl methyl sites for hydroxylation is 1. The molecule has 6 aromatic rings. The quantitative estimate of drug-likeness (QED) is 0.287.